The first kappa shape index (κ1) is 92.1. The van der Waals surface area contributed by atoms with Crippen molar-refractivity contribution in [1.29, 1.82) is 0 Å². The molecule has 3 heterocycles. The molecule has 0 aliphatic carbocycles. The second kappa shape index (κ2) is 48.2. The molecule has 0 aromatic rings. The van der Waals surface area contributed by atoms with Crippen molar-refractivity contribution in [2.75, 3.05) is 19.8 Å². The van der Waals surface area contributed by atoms with Crippen LogP contribution in [0.1, 0.15) is 232 Å². The van der Waals surface area contributed by atoms with Crippen LogP contribution < -0.4 is 20.4 Å². The minimum atomic E-state index is -6.00. The molecule has 2 amide bonds. The Morgan fingerprint density at radius 1 is 0.392 bits per heavy atom. The van der Waals surface area contributed by atoms with Crippen LogP contribution >= 0.6 is 15.6 Å². The Balaban J connectivity index is 1.39. The number of hydrogen-bond acceptors (Lipinski definition) is 21. The van der Waals surface area contributed by atoms with Gasteiger partial charge in [0.2, 0.25) is 11.8 Å². The lowest BCUT2D eigenvalue weighted by Gasteiger charge is -2.50. The van der Waals surface area contributed by atoms with Gasteiger partial charge in [0.1, 0.15) is 61.0 Å². The highest BCUT2D eigenvalue weighted by Gasteiger charge is 2.54. The number of nitrogens with one attached hydrogen (secondary N) is 2. The van der Waals surface area contributed by atoms with Gasteiger partial charge in [0.05, 0.1) is 32.0 Å². The van der Waals surface area contributed by atoms with Crippen LogP contribution in [0.4, 0.5) is 0 Å². The lowest BCUT2D eigenvalue weighted by molar-refractivity contribution is -0.368. The number of carbonyl (C=O) groups excluding carboxylic acids is 2. The summed E-state index contributed by atoms with van der Waals surface area (Å²) < 4.78 is 69.1. The first-order chi connectivity index (χ1) is 48.0. The van der Waals surface area contributed by atoms with Crippen LogP contribution in [0.25, 0.3) is 0 Å². The van der Waals surface area contributed by atoms with Crippen molar-refractivity contribution in [2.45, 2.75) is 324 Å². The summed E-state index contributed by atoms with van der Waals surface area (Å²) in [6.07, 6.45) is 22.0. The third-order valence-electron chi connectivity index (χ3n) is 18.3. The minimum Gasteiger partial charge on any atom is -0.756 e. The number of allylic oxidation sites excluding steroid dienone is 21. The molecule has 582 valence electrons. The molecule has 3 aliphatic rings. The highest BCUT2D eigenvalue weighted by Crippen LogP contribution is 2.57. The maximum atomic E-state index is 13.3. The van der Waals surface area contributed by atoms with Crippen molar-refractivity contribution < 1.29 is 101 Å². The van der Waals surface area contributed by atoms with Gasteiger partial charge >= 0.3 is 0 Å². The average Bonchev–Trinajstić information content (AvgIpc) is 0.772. The van der Waals surface area contributed by atoms with Crippen molar-refractivity contribution >= 4 is 27.5 Å². The molecular weight excluding hydrogens is 1350 g/mol. The lowest BCUT2D eigenvalue weighted by Crippen LogP contribution is -2.70. The standard InChI is InChI=1S/C77H128N2O21P2/c1-50(2)26-16-27-51(3)28-17-29-52(4)30-18-31-53(5)32-19-33-54(6)34-20-35-55(7)36-21-37-56(8)38-22-39-57(9)40-23-41-58(10)42-24-43-59(11)44-25-45-60(12)46-47-93-101(89,90)100-102(91,92)99-75-67(79-63(15)83)74(66(61(13)94-75)78-62(14)82)98-77-72(88)70(86)73(65(49-81)96-77)97-76-71(87)69(85)68(84)64(48-80)95-76/h26,28,30,32,34,36,38,40,42,44,46,61,64-77,80-81,84-88H,16-25,27,29,31,33,35,37,39,41,43,45,47-49H2,1-15H3,(H,78,82)(H,79,83)(H,89,90)(H,91,92)/p-2/b51-28+,52-30+,53-32+,54-34-,55-36-,56-38-,57-40-,58-42-,59-44-,60-46-/t61-,64-,65-,66-,67-,68+,69+,70-,71-,72-,73+,74+,75-,76-,77-/m1/s1. The molecule has 23 nitrogen and oxygen atoms in total. The van der Waals surface area contributed by atoms with Crippen LogP contribution in [0.3, 0.4) is 0 Å². The summed E-state index contributed by atoms with van der Waals surface area (Å²) in [4.78, 5) is 51.4. The van der Waals surface area contributed by atoms with Crippen molar-refractivity contribution in [3.05, 3.63) is 128 Å². The van der Waals surface area contributed by atoms with E-state index in [4.69, 9.17) is 32.7 Å². The molecule has 3 saturated heterocycles. The normalized spacial score (nSPS) is 28.4. The highest BCUT2D eigenvalue weighted by molar-refractivity contribution is 7.59. The number of aliphatic hydroxyl groups excluding tert-OH is 7. The number of carbonyl (C=O) groups is 2. The van der Waals surface area contributed by atoms with Gasteiger partial charge in [-0.1, -0.05) is 128 Å². The predicted octanol–water partition coefficient (Wildman–Crippen LogP) is 12.0. The van der Waals surface area contributed by atoms with Crippen LogP contribution in [0.15, 0.2) is 128 Å². The maximum absolute atomic E-state index is 13.3. The molecule has 9 N–H and O–H groups in total. The molecular formula is C77H126N2O21P2-2. The molecule has 3 aliphatic heterocycles. The smallest absolute Gasteiger partial charge is 0.276 e. The van der Waals surface area contributed by atoms with E-state index < -0.39 is 139 Å². The number of rotatable bonds is 45. The molecule has 2 unspecified atom stereocenters. The van der Waals surface area contributed by atoms with Gasteiger partial charge in [-0.15, -0.1) is 0 Å². The summed E-state index contributed by atoms with van der Waals surface area (Å²) in [6.45, 7) is 27.2. The van der Waals surface area contributed by atoms with Gasteiger partial charge in [0.15, 0.2) is 18.9 Å². The summed E-state index contributed by atoms with van der Waals surface area (Å²) in [5.74, 6) is -1.53. The number of amides is 2. The van der Waals surface area contributed by atoms with Crippen molar-refractivity contribution in [3.63, 3.8) is 0 Å². The van der Waals surface area contributed by atoms with Crippen LogP contribution in [0, 0.1) is 0 Å². The summed E-state index contributed by atoms with van der Waals surface area (Å²) >= 11 is 0. The van der Waals surface area contributed by atoms with E-state index in [2.05, 4.69) is 152 Å². The zero-order valence-corrected chi connectivity index (χ0v) is 65.3. The number of aliphatic hydroxyl groups is 7. The van der Waals surface area contributed by atoms with Crippen molar-refractivity contribution in [3.8, 4) is 0 Å². The molecule has 0 bridgehead atoms. The molecule has 25 heteroatoms. The molecule has 0 radical (unpaired) electrons. The molecule has 3 rings (SSSR count). The molecule has 102 heavy (non-hydrogen) atoms. The first-order valence-corrected chi connectivity index (χ1v) is 39.3. The van der Waals surface area contributed by atoms with E-state index in [-0.39, 0.29) is 0 Å². The third-order valence-corrected chi connectivity index (χ3v) is 20.9. The fraction of sp³-hybridized carbons (Fsp3) is 0.688. The topological polar surface area (TPSA) is 354 Å². The van der Waals surface area contributed by atoms with Gasteiger partial charge in [-0.25, -0.2) is 4.31 Å². The summed E-state index contributed by atoms with van der Waals surface area (Å²) in [5.41, 5.74) is 15.0. The van der Waals surface area contributed by atoms with Crippen LogP contribution in [0.2, 0.25) is 0 Å². The van der Waals surface area contributed by atoms with Crippen LogP contribution in [-0.2, 0) is 55.8 Å². The molecule has 0 spiro atoms. The summed E-state index contributed by atoms with van der Waals surface area (Å²) in [6, 6.07) is -3.12. The molecule has 0 saturated carbocycles. The minimum absolute atomic E-state index is 0.553. The Hall–Kier alpha value is -4.14. The zero-order valence-electron chi connectivity index (χ0n) is 63.5. The highest BCUT2D eigenvalue weighted by atomic mass is 31.3. The second-order valence-electron chi connectivity index (χ2n) is 28.3. The van der Waals surface area contributed by atoms with Gasteiger partial charge in [-0.2, -0.15) is 0 Å². The Kier molecular flexibility index (Phi) is 43.5. The van der Waals surface area contributed by atoms with E-state index in [1.54, 1.807) is 6.92 Å². The van der Waals surface area contributed by atoms with Gasteiger partial charge < -0.3 is 84.4 Å². The average molecular weight is 1480 g/mol. The monoisotopic (exact) mass is 1480 g/mol. The predicted molar refractivity (Wildman–Crippen MR) is 393 cm³/mol. The first-order valence-electron chi connectivity index (χ1n) is 36.3. The Morgan fingerprint density at radius 2 is 0.706 bits per heavy atom. The maximum Gasteiger partial charge on any atom is 0.276 e. The van der Waals surface area contributed by atoms with Gasteiger partial charge in [0, 0.05) is 13.8 Å². The van der Waals surface area contributed by atoms with Gasteiger partial charge in [-0.05, 0) is 218 Å². The summed E-state index contributed by atoms with van der Waals surface area (Å²) in [7, 11) is -11.7. The third kappa shape index (κ3) is 36.4. The molecule has 3 fully saturated rings. The zero-order chi connectivity index (χ0) is 76.3. The van der Waals surface area contributed by atoms with E-state index in [1.165, 1.54) is 68.7 Å². The van der Waals surface area contributed by atoms with Gasteiger partial charge in [-0.3, -0.25) is 23.2 Å². The van der Waals surface area contributed by atoms with Gasteiger partial charge in [0.25, 0.3) is 15.6 Å². The number of phosphoric acid groups is 2. The number of ether oxygens (including phenoxy) is 5. The van der Waals surface area contributed by atoms with Crippen LogP contribution in [0.5, 0.6) is 0 Å². The fourth-order valence-corrected chi connectivity index (χ4v) is 14.0. The van der Waals surface area contributed by atoms with Crippen molar-refractivity contribution in [2.24, 2.45) is 0 Å². The Morgan fingerprint density at radius 3 is 1.05 bits per heavy atom. The SMILES string of the molecule is CC(=O)N[C@H]1[C@@H](OP(=O)([O-])OP(=O)([O-])OC/C=C(/C)CC/C=C(/C)CC/C=C(/C)CC/C=C(/C)CC/C=C(/C)CC/C=C(/C)CC/C=C(/C)CC/C=C(\C)CC/C=C(\C)CC/C=C(\C)CCC=C(C)C)O[C@H](C)[C@@H](NC(C)=O)[C@@H]1O[C@H]1O[C@H](CO)[C@H](O[C@H]2O[C@H](CO)[C@H](O)[C@H](O)[C@H]2O)[C@H](O)[C@H]1O. The number of phosphoric ester groups is 2. The van der Waals surface area contributed by atoms with E-state index in [9.17, 15) is 64.3 Å². The summed E-state index contributed by atoms with van der Waals surface area (Å²) in [5, 5.41) is 78.4. The number of hydrogen-bond donors (Lipinski definition) is 9. The van der Waals surface area contributed by atoms with E-state index in [0.29, 0.717) is 12.8 Å². The lowest BCUT2D eigenvalue weighted by atomic mass is 9.93. The Bertz CT molecular complexity index is 3030. The Labute approximate surface area is 608 Å². The van der Waals surface area contributed by atoms with Crippen LogP contribution in [-0.4, -0.2) is 159 Å². The molecule has 0 aromatic carbocycles. The fourth-order valence-electron chi connectivity index (χ4n) is 12.0. The largest absolute Gasteiger partial charge is 0.756 e. The molecule has 0 aromatic heterocycles. The quantitative estimate of drug-likeness (QED) is 0.0202. The van der Waals surface area contributed by atoms with Crippen molar-refractivity contribution in [1.82, 2.24) is 10.6 Å². The van der Waals surface area contributed by atoms with E-state index >= 15 is 0 Å². The second-order valence-corrected chi connectivity index (χ2v) is 31.2. The van der Waals surface area contributed by atoms with E-state index in [1.807, 2.05) is 0 Å². The van der Waals surface area contributed by atoms with E-state index in [0.717, 1.165) is 135 Å². The molecule has 17 atom stereocenters.